The lowest BCUT2D eigenvalue weighted by molar-refractivity contribution is 0.295. The van der Waals surface area contributed by atoms with E-state index in [2.05, 4.69) is 0 Å². The highest BCUT2D eigenvalue weighted by molar-refractivity contribution is 7.87. The van der Waals surface area contributed by atoms with Crippen molar-refractivity contribution < 1.29 is 12.3 Å². The first-order valence-electron chi connectivity index (χ1n) is 4.36. The summed E-state index contributed by atoms with van der Waals surface area (Å²) in [5, 5.41) is -0.758. The molecule has 0 heterocycles. The molecule has 1 aliphatic rings. The highest BCUT2D eigenvalue weighted by Crippen LogP contribution is 2.34. The first-order valence-corrected chi connectivity index (χ1v) is 5.81. The average molecular weight is 194 g/mol. The van der Waals surface area contributed by atoms with Gasteiger partial charge in [0.15, 0.2) is 0 Å². The van der Waals surface area contributed by atoms with Gasteiger partial charge >= 0.3 is 10.2 Å². The smallest absolute Gasteiger partial charge is 0.195 e. The van der Waals surface area contributed by atoms with E-state index in [4.69, 9.17) is 0 Å². The number of halogens is 1. The largest absolute Gasteiger partial charge is 0.305 e. The van der Waals surface area contributed by atoms with Gasteiger partial charge in [0.05, 0.1) is 5.25 Å². The standard InChI is InChI=1S/C8H15FO2S/c1-6-4-3-5-7(2)8(6)12(9,10)11/h6-8H,3-5H2,1-2H3. The van der Waals surface area contributed by atoms with E-state index < -0.39 is 15.5 Å². The molecule has 0 amide bonds. The van der Waals surface area contributed by atoms with Gasteiger partial charge in [0, 0.05) is 0 Å². The normalized spacial score (nSPS) is 38.1. The van der Waals surface area contributed by atoms with Crippen LogP contribution in [0.25, 0.3) is 0 Å². The maximum atomic E-state index is 12.7. The highest BCUT2D eigenvalue weighted by Gasteiger charge is 2.37. The Morgan fingerprint density at radius 3 is 1.83 bits per heavy atom. The van der Waals surface area contributed by atoms with Crippen LogP contribution in [0.1, 0.15) is 33.1 Å². The zero-order valence-corrected chi connectivity index (χ0v) is 8.27. The first-order chi connectivity index (χ1) is 5.43. The van der Waals surface area contributed by atoms with Crippen LogP contribution in [0.2, 0.25) is 0 Å². The predicted octanol–water partition coefficient (Wildman–Crippen LogP) is 2.11. The zero-order valence-electron chi connectivity index (χ0n) is 7.46. The van der Waals surface area contributed by atoms with E-state index in [-0.39, 0.29) is 11.8 Å². The Morgan fingerprint density at radius 2 is 1.58 bits per heavy atom. The molecule has 0 bridgehead atoms. The van der Waals surface area contributed by atoms with Crippen LogP contribution >= 0.6 is 0 Å². The highest BCUT2D eigenvalue weighted by atomic mass is 32.3. The number of hydrogen-bond donors (Lipinski definition) is 0. The Kier molecular flexibility index (Phi) is 2.76. The molecule has 2 unspecified atom stereocenters. The molecule has 0 radical (unpaired) electrons. The summed E-state index contributed by atoms with van der Waals surface area (Å²) in [7, 11) is -4.32. The molecule has 0 N–H and O–H groups in total. The Bertz CT molecular complexity index is 238. The Morgan fingerprint density at radius 1 is 1.17 bits per heavy atom. The second-order valence-corrected chi connectivity index (χ2v) is 5.32. The maximum absolute atomic E-state index is 12.7. The van der Waals surface area contributed by atoms with E-state index in [0.717, 1.165) is 19.3 Å². The van der Waals surface area contributed by atoms with Gasteiger partial charge in [-0.25, -0.2) is 0 Å². The van der Waals surface area contributed by atoms with E-state index >= 15 is 0 Å². The molecule has 0 spiro atoms. The van der Waals surface area contributed by atoms with Crippen molar-refractivity contribution in [1.29, 1.82) is 0 Å². The quantitative estimate of drug-likeness (QED) is 0.599. The van der Waals surface area contributed by atoms with Gasteiger partial charge in [0.2, 0.25) is 0 Å². The van der Waals surface area contributed by atoms with Crippen LogP contribution in [0.4, 0.5) is 3.89 Å². The Hall–Kier alpha value is -0.120. The molecule has 0 aliphatic heterocycles. The minimum atomic E-state index is -4.32. The summed E-state index contributed by atoms with van der Waals surface area (Å²) in [6, 6.07) is 0. The summed E-state index contributed by atoms with van der Waals surface area (Å²) < 4.78 is 34.2. The van der Waals surface area contributed by atoms with Gasteiger partial charge in [-0.05, 0) is 24.7 Å². The second kappa shape index (κ2) is 3.32. The van der Waals surface area contributed by atoms with Crippen molar-refractivity contribution in [3.8, 4) is 0 Å². The zero-order chi connectivity index (χ0) is 9.35. The predicted molar refractivity (Wildman–Crippen MR) is 46.0 cm³/mol. The van der Waals surface area contributed by atoms with Crippen molar-refractivity contribution in [3.63, 3.8) is 0 Å². The maximum Gasteiger partial charge on any atom is 0.305 e. The van der Waals surface area contributed by atoms with Crippen LogP contribution in [0.5, 0.6) is 0 Å². The summed E-state index contributed by atoms with van der Waals surface area (Å²) in [5.41, 5.74) is 0. The van der Waals surface area contributed by atoms with E-state index in [1.165, 1.54) is 0 Å². The van der Waals surface area contributed by atoms with Crippen molar-refractivity contribution in [2.75, 3.05) is 0 Å². The number of rotatable bonds is 1. The van der Waals surface area contributed by atoms with E-state index in [1.54, 1.807) is 0 Å². The third kappa shape index (κ3) is 1.97. The second-order valence-electron chi connectivity index (χ2n) is 3.83. The minimum absolute atomic E-state index is 0.0243. The molecule has 1 fully saturated rings. The fourth-order valence-electron chi connectivity index (χ4n) is 2.21. The van der Waals surface area contributed by atoms with Crippen molar-refractivity contribution >= 4 is 10.2 Å². The molecule has 72 valence electrons. The van der Waals surface area contributed by atoms with Crippen LogP contribution in [0.15, 0.2) is 0 Å². The van der Waals surface area contributed by atoms with Crippen molar-refractivity contribution in [3.05, 3.63) is 0 Å². The van der Waals surface area contributed by atoms with Gasteiger partial charge < -0.3 is 0 Å². The van der Waals surface area contributed by atoms with Gasteiger partial charge in [-0.15, -0.1) is 3.89 Å². The van der Waals surface area contributed by atoms with Gasteiger partial charge in [0.1, 0.15) is 0 Å². The molecular weight excluding hydrogens is 179 g/mol. The summed E-state index contributed by atoms with van der Waals surface area (Å²) in [4.78, 5) is 0. The fraction of sp³-hybridized carbons (Fsp3) is 1.00. The van der Waals surface area contributed by atoms with Crippen LogP contribution in [-0.4, -0.2) is 13.7 Å². The summed E-state index contributed by atoms with van der Waals surface area (Å²) >= 11 is 0. The lowest BCUT2D eigenvalue weighted by Gasteiger charge is -2.30. The molecule has 2 atom stereocenters. The molecule has 0 aromatic rings. The lowest BCUT2D eigenvalue weighted by atomic mass is 9.83. The van der Waals surface area contributed by atoms with Crippen LogP contribution in [0.3, 0.4) is 0 Å². The number of hydrogen-bond acceptors (Lipinski definition) is 2. The molecule has 0 saturated heterocycles. The van der Waals surface area contributed by atoms with Crippen LogP contribution in [-0.2, 0) is 10.2 Å². The average Bonchev–Trinajstić information content (AvgIpc) is 1.82. The molecule has 1 rings (SSSR count). The summed E-state index contributed by atoms with van der Waals surface area (Å²) in [5.74, 6) is -0.0486. The molecule has 1 aliphatic carbocycles. The van der Waals surface area contributed by atoms with Gasteiger partial charge in [-0.2, -0.15) is 8.42 Å². The third-order valence-corrected chi connectivity index (χ3v) is 4.35. The lowest BCUT2D eigenvalue weighted by Crippen LogP contribution is -2.35. The van der Waals surface area contributed by atoms with E-state index in [1.807, 2.05) is 13.8 Å². The van der Waals surface area contributed by atoms with E-state index in [9.17, 15) is 12.3 Å². The Labute approximate surface area is 73.4 Å². The SMILES string of the molecule is CC1CCCC(C)C1S(=O)(=O)F. The molecule has 0 aromatic heterocycles. The molecule has 2 nitrogen and oxygen atoms in total. The van der Waals surface area contributed by atoms with Crippen molar-refractivity contribution in [2.45, 2.75) is 38.4 Å². The summed E-state index contributed by atoms with van der Waals surface area (Å²) in [6.45, 7) is 3.63. The fourth-order valence-corrected chi connectivity index (χ4v) is 3.59. The van der Waals surface area contributed by atoms with Crippen molar-refractivity contribution in [1.82, 2.24) is 0 Å². The topological polar surface area (TPSA) is 34.1 Å². The minimum Gasteiger partial charge on any atom is -0.195 e. The third-order valence-electron chi connectivity index (χ3n) is 2.77. The van der Waals surface area contributed by atoms with E-state index in [0.29, 0.717) is 0 Å². The van der Waals surface area contributed by atoms with Gasteiger partial charge in [0.25, 0.3) is 0 Å². The van der Waals surface area contributed by atoms with Gasteiger partial charge in [-0.3, -0.25) is 0 Å². The molecule has 1 saturated carbocycles. The molecule has 4 heteroatoms. The monoisotopic (exact) mass is 194 g/mol. The van der Waals surface area contributed by atoms with Crippen LogP contribution in [0, 0.1) is 11.8 Å². The molecule has 12 heavy (non-hydrogen) atoms. The molecular formula is C8H15FO2S. The molecule has 0 aromatic carbocycles. The Balaban J connectivity index is 2.84. The summed E-state index contributed by atoms with van der Waals surface area (Å²) in [6.07, 6.45) is 2.69. The van der Waals surface area contributed by atoms with Crippen LogP contribution < -0.4 is 0 Å². The van der Waals surface area contributed by atoms with Crippen molar-refractivity contribution in [2.24, 2.45) is 11.8 Å². The first kappa shape index (κ1) is 9.96. The van der Waals surface area contributed by atoms with Gasteiger partial charge in [-0.1, -0.05) is 20.3 Å².